The summed E-state index contributed by atoms with van der Waals surface area (Å²) in [6.45, 7) is 3.20. The molecular weight excluding hydrogens is 320 g/mol. The minimum absolute atomic E-state index is 0.215. The quantitative estimate of drug-likeness (QED) is 0.650. The van der Waals surface area contributed by atoms with Crippen LogP contribution < -0.4 is 10.6 Å². The lowest BCUT2D eigenvalue weighted by Crippen LogP contribution is -2.35. The molecule has 2 N–H and O–H groups in total. The molecule has 1 aromatic heterocycles. The van der Waals surface area contributed by atoms with Crippen molar-refractivity contribution in [3.8, 4) is 0 Å². The molecule has 10 heteroatoms. The van der Waals surface area contributed by atoms with Crippen LogP contribution in [0.2, 0.25) is 0 Å². The number of nitrogens with one attached hydrogen (secondary N) is 2. The van der Waals surface area contributed by atoms with Gasteiger partial charge in [-0.15, -0.1) is 5.10 Å². The predicted molar refractivity (Wildman–Crippen MR) is 85.4 cm³/mol. The Morgan fingerprint density at radius 1 is 1.57 bits per heavy atom. The highest BCUT2D eigenvalue weighted by Gasteiger charge is 2.17. The SMILES string of the molecule is CN(CCNC(=O)c1cn(C[C@@H]2CCCNC2)nn1)S(C)(=O)=O. The summed E-state index contributed by atoms with van der Waals surface area (Å²) in [6, 6.07) is 0. The number of aromatic nitrogens is 3. The molecule has 1 aromatic rings. The lowest BCUT2D eigenvalue weighted by molar-refractivity contribution is 0.0947. The standard InChI is InChI=1S/C13H24N6O3S/c1-18(23(2,21)22)7-6-15-13(20)12-10-19(17-16-12)9-11-4-3-5-14-8-11/h10-11,14H,3-9H2,1-2H3,(H,15,20)/t11-/m1/s1. The first-order valence-corrected chi connectivity index (χ1v) is 9.51. The van der Waals surface area contributed by atoms with E-state index in [2.05, 4.69) is 20.9 Å². The summed E-state index contributed by atoms with van der Waals surface area (Å²) in [5.41, 5.74) is 0.246. The third kappa shape index (κ3) is 5.56. The molecule has 1 saturated heterocycles. The second kappa shape index (κ2) is 7.84. The lowest BCUT2D eigenvalue weighted by atomic mass is 10.00. The fraction of sp³-hybridized carbons (Fsp3) is 0.769. The molecule has 9 nitrogen and oxygen atoms in total. The van der Waals surface area contributed by atoms with E-state index < -0.39 is 10.0 Å². The second-order valence-electron chi connectivity index (χ2n) is 5.88. The van der Waals surface area contributed by atoms with Crippen molar-refractivity contribution >= 4 is 15.9 Å². The molecule has 1 fully saturated rings. The Labute approximate surface area is 136 Å². The van der Waals surface area contributed by atoms with Crippen LogP contribution in [0, 0.1) is 5.92 Å². The van der Waals surface area contributed by atoms with Gasteiger partial charge in [0, 0.05) is 26.7 Å². The highest BCUT2D eigenvalue weighted by molar-refractivity contribution is 7.88. The molecule has 0 unspecified atom stereocenters. The number of nitrogens with zero attached hydrogens (tertiary/aromatic N) is 4. The van der Waals surface area contributed by atoms with E-state index >= 15 is 0 Å². The zero-order chi connectivity index (χ0) is 16.9. The van der Waals surface area contributed by atoms with Gasteiger partial charge in [-0.3, -0.25) is 9.48 Å². The van der Waals surface area contributed by atoms with Crippen molar-refractivity contribution in [3.63, 3.8) is 0 Å². The van der Waals surface area contributed by atoms with Gasteiger partial charge in [0.25, 0.3) is 5.91 Å². The molecule has 0 aromatic carbocycles. The van der Waals surface area contributed by atoms with Crippen LogP contribution in [-0.4, -0.2) is 73.1 Å². The van der Waals surface area contributed by atoms with Gasteiger partial charge in [-0.2, -0.15) is 0 Å². The highest BCUT2D eigenvalue weighted by Crippen LogP contribution is 2.11. The Morgan fingerprint density at radius 3 is 3.00 bits per heavy atom. The number of carbonyl (C=O) groups is 1. The van der Waals surface area contributed by atoms with Gasteiger partial charge >= 0.3 is 0 Å². The van der Waals surface area contributed by atoms with Crippen LogP contribution in [-0.2, 0) is 16.6 Å². The Bertz CT molecular complexity index is 623. The summed E-state index contributed by atoms with van der Waals surface area (Å²) in [7, 11) is -1.77. The zero-order valence-corrected chi connectivity index (χ0v) is 14.3. The van der Waals surface area contributed by atoms with E-state index in [1.807, 2.05) is 0 Å². The number of amides is 1. The molecule has 0 bridgehead atoms. The van der Waals surface area contributed by atoms with E-state index in [9.17, 15) is 13.2 Å². The molecule has 2 heterocycles. The van der Waals surface area contributed by atoms with Crippen molar-refractivity contribution in [2.45, 2.75) is 19.4 Å². The van der Waals surface area contributed by atoms with Crippen molar-refractivity contribution in [1.29, 1.82) is 0 Å². The van der Waals surface area contributed by atoms with Crippen LogP contribution in [0.5, 0.6) is 0 Å². The van der Waals surface area contributed by atoms with E-state index in [1.54, 1.807) is 10.9 Å². The predicted octanol–water partition coefficient (Wildman–Crippen LogP) is -1.10. The van der Waals surface area contributed by atoms with Crippen LogP contribution in [0.25, 0.3) is 0 Å². The molecule has 1 aliphatic heterocycles. The summed E-state index contributed by atoms with van der Waals surface area (Å²) in [6.07, 6.45) is 5.05. The monoisotopic (exact) mass is 344 g/mol. The maximum Gasteiger partial charge on any atom is 0.273 e. The minimum Gasteiger partial charge on any atom is -0.349 e. The van der Waals surface area contributed by atoms with Gasteiger partial charge in [0.05, 0.1) is 12.5 Å². The maximum atomic E-state index is 12.0. The van der Waals surface area contributed by atoms with Crippen molar-refractivity contribution in [1.82, 2.24) is 29.9 Å². The van der Waals surface area contributed by atoms with Gasteiger partial charge in [0.2, 0.25) is 10.0 Å². The molecule has 0 aliphatic carbocycles. The molecular formula is C13H24N6O3S. The van der Waals surface area contributed by atoms with Crippen molar-refractivity contribution in [3.05, 3.63) is 11.9 Å². The Hall–Kier alpha value is -1.52. The first-order chi connectivity index (χ1) is 10.9. The zero-order valence-electron chi connectivity index (χ0n) is 13.5. The summed E-state index contributed by atoms with van der Waals surface area (Å²) in [5.74, 6) is 0.157. The number of likely N-dealkylation sites (N-methyl/N-ethyl adjacent to an activating group) is 1. The maximum absolute atomic E-state index is 12.0. The molecule has 1 atom stereocenters. The number of hydrogen-bond donors (Lipinski definition) is 2. The van der Waals surface area contributed by atoms with Crippen LogP contribution in [0.3, 0.4) is 0 Å². The summed E-state index contributed by atoms with van der Waals surface area (Å²) in [5, 5.41) is 13.8. The van der Waals surface area contributed by atoms with Crippen LogP contribution >= 0.6 is 0 Å². The lowest BCUT2D eigenvalue weighted by Gasteiger charge is -2.22. The van der Waals surface area contributed by atoms with E-state index in [4.69, 9.17) is 0 Å². The second-order valence-corrected chi connectivity index (χ2v) is 7.97. The van der Waals surface area contributed by atoms with Crippen molar-refractivity contribution < 1.29 is 13.2 Å². The summed E-state index contributed by atoms with van der Waals surface area (Å²) in [4.78, 5) is 12.0. The van der Waals surface area contributed by atoms with Gasteiger partial charge in [-0.1, -0.05) is 5.21 Å². The van der Waals surface area contributed by atoms with Crippen LogP contribution in [0.15, 0.2) is 6.20 Å². The average Bonchev–Trinajstić information content (AvgIpc) is 2.95. The third-order valence-electron chi connectivity index (χ3n) is 3.89. The van der Waals surface area contributed by atoms with Gasteiger partial charge in [0.15, 0.2) is 5.69 Å². The fourth-order valence-electron chi connectivity index (χ4n) is 2.42. The fourth-order valence-corrected chi connectivity index (χ4v) is 2.84. The number of sulfonamides is 1. The smallest absolute Gasteiger partial charge is 0.273 e. The van der Waals surface area contributed by atoms with Crippen molar-refractivity contribution in [2.24, 2.45) is 5.92 Å². The number of carbonyl (C=O) groups excluding carboxylic acids is 1. The van der Waals surface area contributed by atoms with E-state index in [0.29, 0.717) is 5.92 Å². The van der Waals surface area contributed by atoms with Gasteiger partial charge < -0.3 is 10.6 Å². The summed E-state index contributed by atoms with van der Waals surface area (Å²) >= 11 is 0. The largest absolute Gasteiger partial charge is 0.349 e. The van der Waals surface area contributed by atoms with Crippen molar-refractivity contribution in [2.75, 3.05) is 39.5 Å². The van der Waals surface area contributed by atoms with Crippen LogP contribution in [0.4, 0.5) is 0 Å². The Morgan fingerprint density at radius 2 is 2.35 bits per heavy atom. The van der Waals surface area contributed by atoms with E-state index in [1.165, 1.54) is 11.4 Å². The van der Waals surface area contributed by atoms with Gasteiger partial charge in [-0.05, 0) is 31.8 Å². The summed E-state index contributed by atoms with van der Waals surface area (Å²) < 4.78 is 25.4. The number of rotatable bonds is 7. The van der Waals surface area contributed by atoms with Gasteiger partial charge in [-0.25, -0.2) is 12.7 Å². The van der Waals surface area contributed by atoms with E-state index in [0.717, 1.165) is 38.7 Å². The molecule has 130 valence electrons. The first-order valence-electron chi connectivity index (χ1n) is 7.66. The molecule has 1 aliphatic rings. The Balaban J connectivity index is 1.79. The molecule has 0 radical (unpaired) electrons. The number of piperidine rings is 1. The average molecular weight is 344 g/mol. The van der Waals surface area contributed by atoms with Gasteiger partial charge in [0.1, 0.15) is 0 Å². The molecule has 0 saturated carbocycles. The first kappa shape index (κ1) is 17.8. The van der Waals surface area contributed by atoms with Crippen LogP contribution in [0.1, 0.15) is 23.3 Å². The topological polar surface area (TPSA) is 109 Å². The Kier molecular flexibility index (Phi) is 6.08. The normalized spacial score (nSPS) is 19.0. The molecule has 0 spiro atoms. The van der Waals surface area contributed by atoms with E-state index in [-0.39, 0.29) is 24.7 Å². The minimum atomic E-state index is -3.23. The molecule has 23 heavy (non-hydrogen) atoms. The third-order valence-corrected chi connectivity index (χ3v) is 5.21. The molecule has 2 rings (SSSR count). The molecule has 1 amide bonds. The highest BCUT2D eigenvalue weighted by atomic mass is 32.2. The number of hydrogen-bond acceptors (Lipinski definition) is 6.